The molecule has 0 unspecified atom stereocenters. The van der Waals surface area contributed by atoms with E-state index < -0.39 is 9.84 Å². The fraction of sp³-hybridized carbons (Fsp3) is 0.318. The second-order valence-electron chi connectivity index (χ2n) is 6.95. The Balaban J connectivity index is 1.69. The number of fused-ring (bicyclic) bond motifs is 1. The van der Waals surface area contributed by atoms with Crippen LogP contribution in [-0.4, -0.2) is 46.4 Å². The lowest BCUT2D eigenvalue weighted by Crippen LogP contribution is -2.16. The molecule has 170 valence electrons. The molecule has 32 heavy (non-hydrogen) atoms. The lowest BCUT2D eigenvalue weighted by Gasteiger charge is -2.18. The summed E-state index contributed by atoms with van der Waals surface area (Å²) in [6.45, 7) is 4.31. The van der Waals surface area contributed by atoms with Crippen molar-refractivity contribution in [2.75, 3.05) is 38.3 Å². The molecular weight excluding hydrogens is 456 g/mol. The van der Waals surface area contributed by atoms with E-state index in [1.54, 1.807) is 30.3 Å². The van der Waals surface area contributed by atoms with Crippen LogP contribution in [0, 0.1) is 0 Å². The van der Waals surface area contributed by atoms with Gasteiger partial charge in [-0.25, -0.2) is 8.42 Å². The largest absolute Gasteiger partial charge is 0.486 e. The maximum atomic E-state index is 13.5. The van der Waals surface area contributed by atoms with E-state index in [1.807, 2.05) is 6.92 Å². The number of benzene rings is 2. The minimum Gasteiger partial charge on any atom is -0.486 e. The first kappa shape index (κ1) is 22.4. The van der Waals surface area contributed by atoms with Gasteiger partial charge in [0.15, 0.2) is 11.5 Å². The van der Waals surface area contributed by atoms with Crippen molar-refractivity contribution in [2.24, 2.45) is 0 Å². The van der Waals surface area contributed by atoms with Crippen LogP contribution in [0.15, 0.2) is 56.8 Å². The van der Waals surface area contributed by atoms with Crippen molar-refractivity contribution >= 4 is 27.3 Å². The van der Waals surface area contributed by atoms with E-state index in [0.29, 0.717) is 61.5 Å². The Morgan fingerprint density at radius 1 is 1.09 bits per heavy atom. The molecule has 3 aromatic rings. The van der Waals surface area contributed by atoms with Crippen molar-refractivity contribution < 1.29 is 27.0 Å². The zero-order valence-corrected chi connectivity index (χ0v) is 19.0. The Morgan fingerprint density at radius 3 is 2.59 bits per heavy atom. The van der Waals surface area contributed by atoms with Crippen LogP contribution in [0.25, 0.3) is 11.5 Å². The number of hydrogen-bond acceptors (Lipinski definition) is 8. The molecule has 8 nitrogen and oxygen atoms in total. The van der Waals surface area contributed by atoms with Gasteiger partial charge in [-0.05, 0) is 49.7 Å². The van der Waals surface area contributed by atoms with Crippen LogP contribution in [0.2, 0.25) is 5.02 Å². The van der Waals surface area contributed by atoms with E-state index in [2.05, 4.69) is 10.3 Å². The molecule has 10 heteroatoms. The second kappa shape index (κ2) is 9.81. The molecule has 0 saturated carbocycles. The number of hydrogen-bond donors (Lipinski definition) is 1. The number of sulfone groups is 1. The van der Waals surface area contributed by atoms with Gasteiger partial charge in [0.05, 0.1) is 4.90 Å². The number of oxazole rings is 1. The SMILES string of the molecule is CCOCCCNc1oc(-c2ccc(Cl)cc2)nc1S(=O)(=O)c1ccc2c(c1)OCCO2. The molecule has 0 aliphatic carbocycles. The molecule has 0 saturated heterocycles. The van der Waals surface area contributed by atoms with Crippen LogP contribution in [0.4, 0.5) is 5.88 Å². The predicted octanol–water partition coefficient (Wildman–Crippen LogP) is 4.44. The molecule has 0 spiro atoms. The molecule has 2 aromatic carbocycles. The molecule has 1 aliphatic heterocycles. The number of halogens is 1. The van der Waals surface area contributed by atoms with Crippen molar-refractivity contribution in [3.8, 4) is 23.0 Å². The highest BCUT2D eigenvalue weighted by Crippen LogP contribution is 2.37. The van der Waals surface area contributed by atoms with Gasteiger partial charge in [-0.1, -0.05) is 11.6 Å². The molecule has 0 amide bonds. The average Bonchev–Trinajstić information content (AvgIpc) is 3.24. The van der Waals surface area contributed by atoms with Crippen molar-refractivity contribution in [1.82, 2.24) is 4.98 Å². The Labute approximate surface area is 191 Å². The van der Waals surface area contributed by atoms with E-state index >= 15 is 0 Å². The summed E-state index contributed by atoms with van der Waals surface area (Å²) in [4.78, 5) is 4.36. The highest BCUT2D eigenvalue weighted by molar-refractivity contribution is 7.91. The zero-order chi connectivity index (χ0) is 22.6. The molecular formula is C22H23ClN2O6S. The normalized spacial score (nSPS) is 13.2. The van der Waals surface area contributed by atoms with Crippen LogP contribution < -0.4 is 14.8 Å². The van der Waals surface area contributed by atoms with Gasteiger partial charge in [0.2, 0.25) is 26.6 Å². The van der Waals surface area contributed by atoms with Gasteiger partial charge in [0.1, 0.15) is 13.2 Å². The summed E-state index contributed by atoms with van der Waals surface area (Å²) in [5.74, 6) is 1.13. The Kier molecular flexibility index (Phi) is 6.88. The number of nitrogens with zero attached hydrogens (tertiary/aromatic N) is 1. The molecule has 4 rings (SSSR count). The molecule has 1 aromatic heterocycles. The second-order valence-corrected chi connectivity index (χ2v) is 9.25. The fourth-order valence-corrected chi connectivity index (χ4v) is 4.56. The first-order valence-corrected chi connectivity index (χ1v) is 12.1. The van der Waals surface area contributed by atoms with Gasteiger partial charge in [0.25, 0.3) is 0 Å². The molecule has 0 fully saturated rings. The third-order valence-electron chi connectivity index (χ3n) is 4.72. The van der Waals surface area contributed by atoms with E-state index in [0.717, 1.165) is 0 Å². The lowest BCUT2D eigenvalue weighted by molar-refractivity contribution is 0.147. The monoisotopic (exact) mass is 478 g/mol. The molecule has 0 radical (unpaired) electrons. The van der Waals surface area contributed by atoms with Gasteiger partial charge in [0, 0.05) is 36.4 Å². The topological polar surface area (TPSA) is 99.9 Å². The molecule has 2 heterocycles. The molecule has 1 aliphatic rings. The third-order valence-corrected chi connectivity index (χ3v) is 6.63. The van der Waals surface area contributed by atoms with Crippen molar-refractivity contribution in [3.63, 3.8) is 0 Å². The number of anilines is 1. The summed E-state index contributed by atoms with van der Waals surface area (Å²) >= 11 is 5.96. The fourth-order valence-electron chi connectivity index (χ4n) is 3.14. The average molecular weight is 479 g/mol. The number of aromatic nitrogens is 1. The van der Waals surface area contributed by atoms with Crippen LogP contribution in [0.1, 0.15) is 13.3 Å². The zero-order valence-electron chi connectivity index (χ0n) is 17.5. The summed E-state index contributed by atoms with van der Waals surface area (Å²) in [5.41, 5.74) is 0.607. The van der Waals surface area contributed by atoms with Crippen LogP contribution in [0.3, 0.4) is 0 Å². The number of nitrogens with one attached hydrogen (secondary N) is 1. The standard InChI is InChI=1S/C22H23ClN2O6S/c1-2-28-11-3-10-24-21-22(25-20(31-21)15-4-6-16(23)7-5-15)32(26,27)17-8-9-18-19(14-17)30-13-12-29-18/h4-9,14,24H,2-3,10-13H2,1H3. The maximum Gasteiger partial charge on any atom is 0.233 e. The molecule has 0 atom stereocenters. The predicted molar refractivity (Wildman–Crippen MR) is 119 cm³/mol. The first-order chi connectivity index (χ1) is 15.5. The van der Waals surface area contributed by atoms with Crippen molar-refractivity contribution in [2.45, 2.75) is 23.3 Å². The van der Waals surface area contributed by atoms with Crippen molar-refractivity contribution in [3.05, 3.63) is 47.5 Å². The smallest absolute Gasteiger partial charge is 0.233 e. The van der Waals surface area contributed by atoms with Gasteiger partial charge in [-0.2, -0.15) is 4.98 Å². The highest BCUT2D eigenvalue weighted by Gasteiger charge is 2.30. The maximum absolute atomic E-state index is 13.5. The lowest BCUT2D eigenvalue weighted by atomic mass is 10.2. The van der Waals surface area contributed by atoms with Gasteiger partial charge in [-0.15, -0.1) is 0 Å². The van der Waals surface area contributed by atoms with Crippen LogP contribution >= 0.6 is 11.6 Å². The van der Waals surface area contributed by atoms with E-state index in [-0.39, 0.29) is 21.7 Å². The Bertz CT molecular complexity index is 1180. The summed E-state index contributed by atoms with van der Waals surface area (Å²) in [7, 11) is -4.01. The molecule has 1 N–H and O–H groups in total. The summed E-state index contributed by atoms with van der Waals surface area (Å²) in [6.07, 6.45) is 0.675. The van der Waals surface area contributed by atoms with Gasteiger partial charge >= 0.3 is 0 Å². The van der Waals surface area contributed by atoms with Gasteiger partial charge in [-0.3, -0.25) is 0 Å². The molecule has 0 bridgehead atoms. The summed E-state index contributed by atoms with van der Waals surface area (Å²) in [5, 5.41) is 3.40. The van der Waals surface area contributed by atoms with Crippen LogP contribution in [-0.2, 0) is 14.6 Å². The minimum atomic E-state index is -4.01. The van der Waals surface area contributed by atoms with Crippen molar-refractivity contribution in [1.29, 1.82) is 0 Å². The Hall–Kier alpha value is -2.75. The number of ether oxygens (including phenoxy) is 3. The Morgan fingerprint density at radius 2 is 1.84 bits per heavy atom. The first-order valence-electron chi connectivity index (χ1n) is 10.2. The van der Waals surface area contributed by atoms with Gasteiger partial charge < -0.3 is 23.9 Å². The van der Waals surface area contributed by atoms with E-state index in [4.69, 9.17) is 30.2 Å². The third kappa shape index (κ3) is 4.85. The quantitative estimate of drug-likeness (QED) is 0.450. The van der Waals surface area contributed by atoms with Crippen LogP contribution in [0.5, 0.6) is 11.5 Å². The minimum absolute atomic E-state index is 0.0371. The summed E-state index contributed by atoms with van der Waals surface area (Å²) < 4.78 is 49.1. The van der Waals surface area contributed by atoms with E-state index in [1.165, 1.54) is 12.1 Å². The summed E-state index contributed by atoms with van der Waals surface area (Å²) in [6, 6.07) is 11.3. The highest BCUT2D eigenvalue weighted by atomic mass is 35.5. The van der Waals surface area contributed by atoms with E-state index in [9.17, 15) is 8.42 Å². The number of rotatable bonds is 9.